The van der Waals surface area contributed by atoms with Crippen molar-refractivity contribution in [2.45, 2.75) is 26.7 Å². The van der Waals surface area contributed by atoms with Gasteiger partial charge in [0.25, 0.3) is 5.91 Å². The van der Waals surface area contributed by atoms with Gasteiger partial charge in [0.1, 0.15) is 12.4 Å². The highest BCUT2D eigenvalue weighted by atomic mass is 16.5. The van der Waals surface area contributed by atoms with Gasteiger partial charge in [-0.2, -0.15) is 0 Å². The highest BCUT2D eigenvalue weighted by Crippen LogP contribution is 2.37. The normalized spacial score (nSPS) is 12.5. The van der Waals surface area contributed by atoms with E-state index in [4.69, 9.17) is 4.74 Å². The first-order valence-electron chi connectivity index (χ1n) is 10.3. The van der Waals surface area contributed by atoms with Crippen LogP contribution in [0.5, 0.6) is 5.75 Å². The molecule has 1 aliphatic rings. The van der Waals surface area contributed by atoms with Crippen LogP contribution in [0.15, 0.2) is 54.6 Å². The Morgan fingerprint density at radius 3 is 2.67 bits per heavy atom. The first kappa shape index (κ1) is 20.0. The van der Waals surface area contributed by atoms with Gasteiger partial charge in [-0.25, -0.2) is 0 Å². The third-order valence-electron chi connectivity index (χ3n) is 5.45. The molecule has 3 aromatic rings. The molecule has 2 amide bonds. The van der Waals surface area contributed by atoms with E-state index in [-0.39, 0.29) is 11.8 Å². The SMILES string of the molecule is Cc1ccc(OCCNC(=O)CCCN2C(=O)c3cccc4cccc2c34)c(C)c1. The van der Waals surface area contributed by atoms with E-state index in [1.54, 1.807) is 4.90 Å². The summed E-state index contributed by atoms with van der Waals surface area (Å²) in [6.07, 6.45) is 0.986. The van der Waals surface area contributed by atoms with E-state index in [1.165, 1.54) is 5.56 Å². The first-order valence-corrected chi connectivity index (χ1v) is 10.3. The number of nitrogens with zero attached hydrogens (tertiary/aromatic N) is 1. The van der Waals surface area contributed by atoms with E-state index in [0.29, 0.717) is 32.5 Å². The Morgan fingerprint density at radius 2 is 1.87 bits per heavy atom. The van der Waals surface area contributed by atoms with E-state index >= 15 is 0 Å². The molecule has 5 nitrogen and oxygen atoms in total. The minimum Gasteiger partial charge on any atom is -0.491 e. The van der Waals surface area contributed by atoms with Gasteiger partial charge in [-0.05, 0) is 49.4 Å². The highest BCUT2D eigenvalue weighted by molar-refractivity contribution is 6.25. The summed E-state index contributed by atoms with van der Waals surface area (Å²) >= 11 is 0. The van der Waals surface area contributed by atoms with Crippen molar-refractivity contribution in [2.75, 3.05) is 24.6 Å². The summed E-state index contributed by atoms with van der Waals surface area (Å²) in [7, 11) is 0. The molecular formula is C25H26N2O3. The molecule has 0 bridgehead atoms. The van der Waals surface area contributed by atoms with Crippen LogP contribution in [0.25, 0.3) is 10.8 Å². The molecule has 5 heteroatoms. The van der Waals surface area contributed by atoms with Crippen LogP contribution in [0.1, 0.15) is 34.3 Å². The van der Waals surface area contributed by atoms with Gasteiger partial charge >= 0.3 is 0 Å². The molecule has 0 radical (unpaired) electrons. The summed E-state index contributed by atoms with van der Waals surface area (Å²) in [6, 6.07) is 17.8. The Labute approximate surface area is 176 Å². The van der Waals surface area contributed by atoms with Crippen molar-refractivity contribution in [1.29, 1.82) is 0 Å². The van der Waals surface area contributed by atoms with E-state index in [1.807, 2.05) is 62.4 Å². The largest absolute Gasteiger partial charge is 0.491 e. The van der Waals surface area contributed by atoms with Crippen molar-refractivity contribution in [1.82, 2.24) is 5.32 Å². The zero-order chi connectivity index (χ0) is 21.1. The number of hydrogen-bond acceptors (Lipinski definition) is 3. The molecule has 1 aliphatic heterocycles. The van der Waals surface area contributed by atoms with Crippen LogP contribution in [-0.2, 0) is 4.79 Å². The lowest BCUT2D eigenvalue weighted by molar-refractivity contribution is -0.121. The minimum atomic E-state index is -0.0263. The average molecular weight is 402 g/mol. The van der Waals surface area contributed by atoms with E-state index in [0.717, 1.165) is 33.3 Å². The monoisotopic (exact) mass is 402 g/mol. The second-order valence-electron chi connectivity index (χ2n) is 7.71. The summed E-state index contributed by atoms with van der Waals surface area (Å²) in [5.41, 5.74) is 3.98. The molecule has 1 N–H and O–H groups in total. The molecule has 3 aromatic carbocycles. The smallest absolute Gasteiger partial charge is 0.258 e. The summed E-state index contributed by atoms with van der Waals surface area (Å²) in [5.74, 6) is 0.835. The maximum atomic E-state index is 12.8. The number of anilines is 1. The van der Waals surface area contributed by atoms with Gasteiger partial charge in [-0.15, -0.1) is 0 Å². The van der Waals surface area contributed by atoms with Crippen LogP contribution in [-0.4, -0.2) is 31.5 Å². The predicted molar refractivity (Wildman–Crippen MR) is 119 cm³/mol. The van der Waals surface area contributed by atoms with Gasteiger partial charge in [0.2, 0.25) is 5.91 Å². The fraction of sp³-hybridized carbons (Fsp3) is 0.280. The summed E-state index contributed by atoms with van der Waals surface area (Å²) in [6.45, 7) is 5.47. The maximum Gasteiger partial charge on any atom is 0.258 e. The van der Waals surface area contributed by atoms with E-state index in [2.05, 4.69) is 11.4 Å². The minimum absolute atomic E-state index is 0.0177. The molecule has 154 valence electrons. The zero-order valence-corrected chi connectivity index (χ0v) is 17.4. The molecule has 0 spiro atoms. The van der Waals surface area contributed by atoms with Crippen molar-refractivity contribution >= 4 is 28.3 Å². The number of rotatable bonds is 8. The second-order valence-corrected chi connectivity index (χ2v) is 7.71. The highest BCUT2D eigenvalue weighted by Gasteiger charge is 2.28. The lowest BCUT2D eigenvalue weighted by atomic mass is 10.1. The number of amides is 2. The Bertz CT molecular complexity index is 1100. The van der Waals surface area contributed by atoms with Crippen LogP contribution < -0.4 is 15.0 Å². The Balaban J connectivity index is 1.23. The van der Waals surface area contributed by atoms with Gasteiger partial charge < -0.3 is 15.0 Å². The Hall–Kier alpha value is -3.34. The van der Waals surface area contributed by atoms with Crippen molar-refractivity contribution in [2.24, 2.45) is 0 Å². The van der Waals surface area contributed by atoms with Gasteiger partial charge in [0.05, 0.1) is 12.2 Å². The topological polar surface area (TPSA) is 58.6 Å². The number of carbonyl (C=O) groups excluding carboxylic acids is 2. The standard InChI is InChI=1S/C25H26N2O3/c1-17-11-12-22(18(2)16-17)30-15-13-26-23(28)10-5-14-27-21-9-4-7-19-6-3-8-20(24(19)21)25(27)29/h3-4,6-9,11-12,16H,5,10,13-15H2,1-2H3,(H,26,28). The van der Waals surface area contributed by atoms with Crippen molar-refractivity contribution in [3.8, 4) is 5.75 Å². The molecule has 4 rings (SSSR count). The fourth-order valence-electron chi connectivity index (χ4n) is 4.00. The predicted octanol–water partition coefficient (Wildman–Crippen LogP) is 4.39. The average Bonchev–Trinajstić information content (AvgIpc) is 3.00. The number of ether oxygens (including phenoxy) is 1. The number of nitrogens with one attached hydrogen (secondary N) is 1. The maximum absolute atomic E-state index is 12.8. The van der Waals surface area contributed by atoms with Gasteiger partial charge in [-0.1, -0.05) is 42.0 Å². The van der Waals surface area contributed by atoms with Crippen LogP contribution in [0.2, 0.25) is 0 Å². The number of benzene rings is 3. The Kier molecular flexibility index (Phi) is 5.70. The van der Waals surface area contributed by atoms with Crippen molar-refractivity contribution in [3.05, 3.63) is 71.3 Å². The van der Waals surface area contributed by atoms with Gasteiger partial charge in [-0.3, -0.25) is 9.59 Å². The van der Waals surface area contributed by atoms with Gasteiger partial charge in [0, 0.05) is 23.9 Å². The molecule has 0 aromatic heterocycles. The lowest BCUT2D eigenvalue weighted by Crippen LogP contribution is -2.31. The molecule has 1 heterocycles. The zero-order valence-electron chi connectivity index (χ0n) is 17.4. The molecule has 0 atom stereocenters. The lowest BCUT2D eigenvalue weighted by Gasteiger charge is -2.17. The molecule has 0 fully saturated rings. The molecule has 0 aliphatic carbocycles. The number of aryl methyl sites for hydroxylation is 2. The third kappa shape index (κ3) is 4.01. The van der Waals surface area contributed by atoms with E-state index in [9.17, 15) is 9.59 Å². The molecular weight excluding hydrogens is 376 g/mol. The van der Waals surface area contributed by atoms with Crippen LogP contribution >= 0.6 is 0 Å². The van der Waals surface area contributed by atoms with Gasteiger partial charge in [0.15, 0.2) is 0 Å². The number of hydrogen-bond donors (Lipinski definition) is 1. The van der Waals surface area contributed by atoms with E-state index < -0.39 is 0 Å². The van der Waals surface area contributed by atoms with Crippen LogP contribution in [0.4, 0.5) is 5.69 Å². The summed E-state index contributed by atoms with van der Waals surface area (Å²) in [4.78, 5) is 26.7. The molecule has 30 heavy (non-hydrogen) atoms. The summed E-state index contributed by atoms with van der Waals surface area (Å²) < 4.78 is 5.74. The summed E-state index contributed by atoms with van der Waals surface area (Å²) in [5, 5.41) is 4.97. The molecule has 0 unspecified atom stereocenters. The third-order valence-corrected chi connectivity index (χ3v) is 5.45. The Morgan fingerprint density at radius 1 is 1.07 bits per heavy atom. The number of carbonyl (C=O) groups is 2. The fourth-order valence-corrected chi connectivity index (χ4v) is 4.00. The van der Waals surface area contributed by atoms with Crippen LogP contribution in [0, 0.1) is 13.8 Å². The quantitative estimate of drug-likeness (QED) is 0.569. The van der Waals surface area contributed by atoms with Crippen molar-refractivity contribution in [3.63, 3.8) is 0 Å². The van der Waals surface area contributed by atoms with Crippen molar-refractivity contribution < 1.29 is 14.3 Å². The molecule has 0 saturated carbocycles. The second kappa shape index (κ2) is 8.57. The van der Waals surface area contributed by atoms with Crippen LogP contribution in [0.3, 0.4) is 0 Å². The first-order chi connectivity index (χ1) is 14.5. The molecule has 0 saturated heterocycles.